The Hall–Kier alpha value is -1.40. The molecule has 0 aliphatic carbocycles. The molecule has 0 spiro atoms. The van der Waals surface area contributed by atoms with Crippen molar-refractivity contribution in [1.29, 1.82) is 0 Å². The molecule has 7 heteroatoms. The maximum Gasteiger partial charge on any atom is 0.325 e. The lowest BCUT2D eigenvalue weighted by molar-refractivity contribution is 0.461. The van der Waals surface area contributed by atoms with Gasteiger partial charge in [-0.3, -0.25) is 9.48 Å². The van der Waals surface area contributed by atoms with Gasteiger partial charge >= 0.3 is 4.87 Å². The van der Waals surface area contributed by atoms with Crippen molar-refractivity contribution in [3.63, 3.8) is 0 Å². The van der Waals surface area contributed by atoms with Gasteiger partial charge in [0, 0.05) is 13.1 Å². The van der Waals surface area contributed by atoms with Crippen LogP contribution in [-0.4, -0.2) is 14.3 Å². The van der Waals surface area contributed by atoms with Crippen molar-refractivity contribution in [3.05, 3.63) is 36.8 Å². The van der Waals surface area contributed by atoms with E-state index in [0.29, 0.717) is 10.8 Å². The van der Waals surface area contributed by atoms with Crippen molar-refractivity contribution >= 4 is 28.8 Å². The molecule has 112 valence electrons. The number of pyridine rings is 1. The summed E-state index contributed by atoms with van der Waals surface area (Å²) in [6.45, 7) is 5.40. The Bertz CT molecular complexity index is 802. The van der Waals surface area contributed by atoms with Crippen molar-refractivity contribution in [2.24, 2.45) is 4.99 Å². The monoisotopic (exact) mass is 324 g/mol. The quantitative estimate of drug-likeness (QED) is 0.810. The van der Waals surface area contributed by atoms with Gasteiger partial charge in [-0.2, -0.15) is 4.99 Å². The van der Waals surface area contributed by atoms with Crippen molar-refractivity contribution in [1.82, 2.24) is 14.3 Å². The van der Waals surface area contributed by atoms with E-state index in [2.05, 4.69) is 9.98 Å². The number of fused-ring (bicyclic) bond motifs is 1. The number of aromatic nitrogens is 3. The van der Waals surface area contributed by atoms with Gasteiger partial charge in [0.15, 0.2) is 5.82 Å². The van der Waals surface area contributed by atoms with Gasteiger partial charge in [0.05, 0.1) is 10.7 Å². The van der Waals surface area contributed by atoms with Crippen LogP contribution in [0.4, 0.5) is 5.82 Å². The summed E-state index contributed by atoms with van der Waals surface area (Å²) >= 11 is 7.25. The molecule has 1 aliphatic heterocycles. The van der Waals surface area contributed by atoms with Crippen molar-refractivity contribution < 1.29 is 0 Å². The normalized spacial score (nSPS) is 15.9. The van der Waals surface area contributed by atoms with E-state index in [4.69, 9.17) is 11.6 Å². The van der Waals surface area contributed by atoms with E-state index >= 15 is 0 Å². The predicted octanol–water partition coefficient (Wildman–Crippen LogP) is 2.79. The first kappa shape index (κ1) is 14.5. The average Bonchev–Trinajstić information content (AvgIpc) is 2.64. The smallest absolute Gasteiger partial charge is 0.256 e. The van der Waals surface area contributed by atoms with Gasteiger partial charge < -0.3 is 0 Å². The second-order valence-corrected chi connectivity index (χ2v) is 6.59. The Morgan fingerprint density at radius 2 is 1.95 bits per heavy atom. The van der Waals surface area contributed by atoms with Crippen LogP contribution in [0.3, 0.4) is 0 Å². The number of nitrogens with zero attached hydrogens (tertiary/aromatic N) is 4. The highest BCUT2D eigenvalue weighted by atomic mass is 35.5. The van der Waals surface area contributed by atoms with Crippen LogP contribution in [0.25, 0.3) is 0 Å². The molecule has 3 rings (SSSR count). The van der Waals surface area contributed by atoms with E-state index in [1.807, 2.05) is 24.6 Å². The van der Waals surface area contributed by atoms with E-state index in [1.165, 1.54) is 11.3 Å². The Kier molecular flexibility index (Phi) is 3.99. The second-order valence-electron chi connectivity index (χ2n) is 5.27. The molecule has 0 bridgehead atoms. The van der Waals surface area contributed by atoms with Crippen LogP contribution in [-0.2, 0) is 13.1 Å². The lowest BCUT2D eigenvalue weighted by Gasteiger charge is -2.06. The summed E-state index contributed by atoms with van der Waals surface area (Å²) in [6, 6.07) is 1.87. The molecule has 0 saturated heterocycles. The lowest BCUT2D eigenvalue weighted by atomic mass is 10.2. The molecule has 0 atom stereocenters. The topological polar surface area (TPSA) is 52.2 Å². The van der Waals surface area contributed by atoms with Gasteiger partial charge in [-0.1, -0.05) is 11.6 Å². The maximum atomic E-state index is 12.1. The van der Waals surface area contributed by atoms with Gasteiger partial charge in [0.1, 0.15) is 0 Å². The fourth-order valence-electron chi connectivity index (χ4n) is 2.46. The van der Waals surface area contributed by atoms with Crippen LogP contribution in [0.1, 0.15) is 30.5 Å². The summed E-state index contributed by atoms with van der Waals surface area (Å²) in [5.74, 6) is 0.637. The fourth-order valence-corrected chi connectivity index (χ4v) is 3.54. The summed E-state index contributed by atoms with van der Waals surface area (Å²) in [5.41, 5.74) is 1.67. The Labute approximate surface area is 131 Å². The largest absolute Gasteiger partial charge is 0.325 e. The summed E-state index contributed by atoms with van der Waals surface area (Å²) in [7, 11) is 0. The van der Waals surface area contributed by atoms with Crippen molar-refractivity contribution in [3.8, 4) is 0 Å². The maximum absolute atomic E-state index is 12.1. The van der Waals surface area contributed by atoms with Crippen molar-refractivity contribution in [2.45, 2.75) is 46.2 Å². The third-order valence-corrected chi connectivity index (χ3v) is 4.91. The highest BCUT2D eigenvalue weighted by Crippen LogP contribution is 2.22. The van der Waals surface area contributed by atoms with Crippen LogP contribution in [0.5, 0.6) is 0 Å². The summed E-state index contributed by atoms with van der Waals surface area (Å²) in [4.78, 5) is 21.9. The Morgan fingerprint density at radius 1 is 1.24 bits per heavy atom. The minimum absolute atomic E-state index is 0.0546. The van der Waals surface area contributed by atoms with Gasteiger partial charge in [0.25, 0.3) is 0 Å². The zero-order valence-electron chi connectivity index (χ0n) is 12.1. The van der Waals surface area contributed by atoms with E-state index in [1.54, 1.807) is 4.68 Å². The molecule has 0 radical (unpaired) electrons. The molecule has 0 unspecified atom stereocenters. The summed E-state index contributed by atoms with van der Waals surface area (Å²) in [5, 5.41) is 0.642. The van der Waals surface area contributed by atoms with Crippen LogP contribution < -0.4 is 9.67 Å². The van der Waals surface area contributed by atoms with E-state index in [9.17, 15) is 4.79 Å². The highest BCUT2D eigenvalue weighted by Gasteiger charge is 2.12. The highest BCUT2D eigenvalue weighted by molar-refractivity contribution is 7.06. The van der Waals surface area contributed by atoms with Crippen LogP contribution in [0.2, 0.25) is 5.02 Å². The molecule has 2 aromatic heterocycles. The lowest BCUT2D eigenvalue weighted by Crippen LogP contribution is -2.25. The van der Waals surface area contributed by atoms with E-state index in [-0.39, 0.29) is 4.87 Å². The second kappa shape index (κ2) is 5.77. The molecular weight excluding hydrogens is 308 g/mol. The molecule has 21 heavy (non-hydrogen) atoms. The number of hydrogen-bond acceptors (Lipinski definition) is 4. The molecule has 0 aromatic carbocycles. The van der Waals surface area contributed by atoms with Crippen LogP contribution in [0.15, 0.2) is 15.9 Å². The number of hydrogen-bond donors (Lipinski definition) is 0. The Balaban J connectivity index is 2.17. The molecule has 3 heterocycles. The number of halogens is 1. The first-order valence-corrected chi connectivity index (χ1v) is 8.25. The molecule has 1 aliphatic rings. The SMILES string of the molecule is Cc1cc(Cl)c(C)nc1N=c1sc(=O)n2n1CCCCC2. The van der Waals surface area contributed by atoms with E-state index in [0.717, 1.165) is 48.4 Å². The first-order valence-electron chi connectivity index (χ1n) is 7.05. The molecule has 0 fully saturated rings. The summed E-state index contributed by atoms with van der Waals surface area (Å²) < 4.78 is 3.79. The molecule has 0 amide bonds. The number of rotatable bonds is 1. The van der Waals surface area contributed by atoms with Crippen molar-refractivity contribution in [2.75, 3.05) is 0 Å². The molecule has 0 N–H and O–H groups in total. The Morgan fingerprint density at radius 3 is 2.71 bits per heavy atom. The minimum atomic E-state index is 0.0546. The van der Waals surface area contributed by atoms with Gasteiger partial charge in [0.2, 0.25) is 4.80 Å². The van der Waals surface area contributed by atoms with E-state index < -0.39 is 0 Å². The average molecular weight is 325 g/mol. The minimum Gasteiger partial charge on any atom is -0.256 e. The third kappa shape index (κ3) is 2.82. The standard InChI is InChI=1S/C14H17ClN4OS/c1-9-8-11(15)10(2)16-12(9)17-13-18-6-4-3-5-7-19(18)14(20)21-13/h8H,3-7H2,1-2H3. The predicted molar refractivity (Wildman–Crippen MR) is 84.4 cm³/mol. The third-order valence-electron chi connectivity index (χ3n) is 3.66. The zero-order chi connectivity index (χ0) is 15.0. The molecular formula is C14H17ClN4OS. The fraction of sp³-hybridized carbons (Fsp3) is 0.500. The zero-order valence-corrected chi connectivity index (χ0v) is 13.7. The first-order chi connectivity index (χ1) is 10.1. The van der Waals surface area contributed by atoms with Gasteiger partial charge in [-0.05, 0) is 56.1 Å². The van der Waals surface area contributed by atoms with Crippen LogP contribution in [0, 0.1) is 13.8 Å². The molecule has 0 saturated carbocycles. The van der Waals surface area contributed by atoms with Crippen LogP contribution >= 0.6 is 22.9 Å². The number of aryl methyl sites for hydroxylation is 2. The van der Waals surface area contributed by atoms with Gasteiger partial charge in [-0.25, -0.2) is 9.67 Å². The molecule has 5 nitrogen and oxygen atoms in total. The summed E-state index contributed by atoms with van der Waals surface area (Å²) in [6.07, 6.45) is 3.28. The molecule has 2 aromatic rings. The van der Waals surface area contributed by atoms with Gasteiger partial charge in [-0.15, -0.1) is 0 Å².